The van der Waals surface area contributed by atoms with E-state index in [0.29, 0.717) is 31.3 Å². The zero-order valence-electron chi connectivity index (χ0n) is 13.2. The monoisotopic (exact) mass is 328 g/mol. The highest BCUT2D eigenvalue weighted by Gasteiger charge is 2.41. The summed E-state index contributed by atoms with van der Waals surface area (Å²) in [5.41, 5.74) is 0. The second-order valence-corrected chi connectivity index (χ2v) is 7.34. The van der Waals surface area contributed by atoms with E-state index in [-0.39, 0.29) is 12.5 Å². The average molecular weight is 328 g/mol. The van der Waals surface area contributed by atoms with Crippen molar-refractivity contribution in [3.05, 3.63) is 0 Å². The summed E-state index contributed by atoms with van der Waals surface area (Å²) in [5.74, 6) is -1.53. The molecule has 0 amide bonds. The van der Waals surface area contributed by atoms with Crippen LogP contribution < -0.4 is 5.32 Å². The fourth-order valence-electron chi connectivity index (χ4n) is 4.61. The number of nitrogens with one attached hydrogen (secondary N) is 1. The van der Waals surface area contributed by atoms with Crippen molar-refractivity contribution < 1.29 is 24.2 Å². The van der Waals surface area contributed by atoms with Crippen LogP contribution in [0, 0.1) is 17.8 Å². The number of hydrogen-bond donors (Lipinski definition) is 3. The highest BCUT2D eigenvalue weighted by molar-refractivity contribution is 5.73. The third-order valence-corrected chi connectivity index (χ3v) is 5.87. The summed E-state index contributed by atoms with van der Waals surface area (Å²) in [5, 5.41) is 21.5. The quantitative estimate of drug-likeness (QED) is 0.715. The van der Waals surface area contributed by atoms with Crippen LogP contribution in [0.25, 0.3) is 0 Å². The lowest BCUT2D eigenvalue weighted by Crippen LogP contribution is -2.54. The fraction of sp³-hybridized carbons (Fsp3) is 0.875. The molecule has 0 bridgehead atoms. The van der Waals surface area contributed by atoms with Crippen LogP contribution in [-0.4, -0.2) is 64.9 Å². The first-order valence-electron chi connectivity index (χ1n) is 8.51. The molecular weight excluding hydrogens is 303 g/mol. The van der Waals surface area contributed by atoms with Crippen molar-refractivity contribution in [2.45, 2.75) is 50.4 Å². The molecule has 0 radical (unpaired) electrons. The van der Waals surface area contributed by atoms with Crippen LogP contribution in [-0.2, 0) is 9.59 Å². The SMILES string of the molecule is O=C(O)C1CC(F)CN(C2CCC3CNC(C(=O)O)CC3C2)C1. The minimum absolute atomic E-state index is 0.107. The molecule has 7 heteroatoms. The van der Waals surface area contributed by atoms with Crippen molar-refractivity contribution in [1.29, 1.82) is 0 Å². The van der Waals surface area contributed by atoms with Gasteiger partial charge in [-0.1, -0.05) is 0 Å². The lowest BCUT2D eigenvalue weighted by Gasteiger charge is -2.46. The van der Waals surface area contributed by atoms with Crippen molar-refractivity contribution in [2.75, 3.05) is 19.6 Å². The Morgan fingerprint density at radius 3 is 2.48 bits per heavy atom. The van der Waals surface area contributed by atoms with E-state index in [1.54, 1.807) is 0 Å². The maximum atomic E-state index is 13.9. The van der Waals surface area contributed by atoms with Crippen molar-refractivity contribution in [2.24, 2.45) is 17.8 Å². The highest BCUT2D eigenvalue weighted by atomic mass is 19.1. The van der Waals surface area contributed by atoms with Crippen LogP contribution in [0.2, 0.25) is 0 Å². The molecule has 2 heterocycles. The highest BCUT2D eigenvalue weighted by Crippen LogP contribution is 2.38. The molecule has 1 saturated carbocycles. The number of rotatable bonds is 3. The van der Waals surface area contributed by atoms with E-state index in [9.17, 15) is 24.2 Å². The van der Waals surface area contributed by atoms with E-state index in [2.05, 4.69) is 5.32 Å². The average Bonchev–Trinajstić information content (AvgIpc) is 2.53. The fourth-order valence-corrected chi connectivity index (χ4v) is 4.61. The number of hydrogen-bond acceptors (Lipinski definition) is 4. The summed E-state index contributed by atoms with van der Waals surface area (Å²) in [6.07, 6.45) is 2.44. The third kappa shape index (κ3) is 3.66. The summed E-state index contributed by atoms with van der Waals surface area (Å²) in [7, 11) is 0. The Kier molecular flexibility index (Phi) is 4.87. The Bertz CT molecular complexity index is 475. The van der Waals surface area contributed by atoms with Gasteiger partial charge in [0.15, 0.2) is 0 Å². The Morgan fingerprint density at radius 1 is 1.00 bits per heavy atom. The number of halogens is 1. The molecule has 23 heavy (non-hydrogen) atoms. The number of carboxylic acid groups (broad SMARTS) is 2. The topological polar surface area (TPSA) is 89.9 Å². The lowest BCUT2D eigenvalue weighted by atomic mass is 9.71. The summed E-state index contributed by atoms with van der Waals surface area (Å²) in [6, 6.07) is -0.304. The first-order valence-corrected chi connectivity index (χ1v) is 8.51. The molecule has 2 saturated heterocycles. The molecule has 0 aromatic carbocycles. The Morgan fingerprint density at radius 2 is 1.78 bits per heavy atom. The van der Waals surface area contributed by atoms with Gasteiger partial charge in [0.05, 0.1) is 5.92 Å². The number of carbonyl (C=O) groups is 2. The predicted molar refractivity (Wildman–Crippen MR) is 80.9 cm³/mol. The van der Waals surface area contributed by atoms with E-state index in [0.717, 1.165) is 25.8 Å². The standard InChI is InChI=1S/C16H25FN2O4/c17-12-3-11(15(20)21)7-19(8-12)13-2-1-9-6-18-14(16(22)23)5-10(9)4-13/h9-14,18H,1-8H2,(H,20,21)(H,22,23). The molecular formula is C16H25FN2O4. The predicted octanol–water partition coefficient (Wildman–Crippen LogP) is 0.962. The Labute approximate surface area is 135 Å². The number of piperidine rings is 2. The Hall–Kier alpha value is -1.21. The number of aliphatic carboxylic acids is 2. The lowest BCUT2D eigenvalue weighted by molar-refractivity contribution is -0.146. The van der Waals surface area contributed by atoms with Crippen molar-refractivity contribution >= 4 is 11.9 Å². The second kappa shape index (κ2) is 6.73. The van der Waals surface area contributed by atoms with Crippen molar-refractivity contribution in [3.8, 4) is 0 Å². The molecule has 0 aromatic rings. The van der Waals surface area contributed by atoms with Crippen LogP contribution in [0.15, 0.2) is 0 Å². The molecule has 130 valence electrons. The molecule has 1 aliphatic carbocycles. The first kappa shape index (κ1) is 16.6. The van der Waals surface area contributed by atoms with Crippen LogP contribution in [0.1, 0.15) is 32.1 Å². The van der Waals surface area contributed by atoms with Crippen LogP contribution in [0.3, 0.4) is 0 Å². The van der Waals surface area contributed by atoms with Gasteiger partial charge in [-0.05, 0) is 50.5 Å². The smallest absolute Gasteiger partial charge is 0.320 e. The van der Waals surface area contributed by atoms with E-state index in [4.69, 9.17) is 0 Å². The van der Waals surface area contributed by atoms with Gasteiger partial charge in [-0.25, -0.2) is 4.39 Å². The molecule has 2 aliphatic heterocycles. The molecule has 3 aliphatic rings. The number of fused-ring (bicyclic) bond motifs is 1. The number of carboxylic acids is 2. The van der Waals surface area contributed by atoms with Gasteiger partial charge in [-0.3, -0.25) is 14.5 Å². The maximum Gasteiger partial charge on any atom is 0.320 e. The number of alkyl halides is 1. The van der Waals surface area contributed by atoms with Gasteiger partial charge in [0.25, 0.3) is 0 Å². The summed E-state index contributed by atoms with van der Waals surface area (Å²) in [4.78, 5) is 24.4. The van der Waals surface area contributed by atoms with Gasteiger partial charge in [-0.2, -0.15) is 0 Å². The Balaban J connectivity index is 1.63. The van der Waals surface area contributed by atoms with E-state index >= 15 is 0 Å². The zero-order valence-corrected chi connectivity index (χ0v) is 13.2. The van der Waals surface area contributed by atoms with Crippen molar-refractivity contribution in [1.82, 2.24) is 10.2 Å². The van der Waals surface area contributed by atoms with Crippen molar-refractivity contribution in [3.63, 3.8) is 0 Å². The molecule has 3 N–H and O–H groups in total. The molecule has 6 unspecified atom stereocenters. The maximum absolute atomic E-state index is 13.9. The van der Waals surface area contributed by atoms with E-state index in [1.807, 2.05) is 4.90 Å². The molecule has 0 spiro atoms. The van der Waals surface area contributed by atoms with Gasteiger partial charge >= 0.3 is 11.9 Å². The minimum Gasteiger partial charge on any atom is -0.481 e. The second-order valence-electron chi connectivity index (χ2n) is 7.34. The zero-order chi connectivity index (χ0) is 16.6. The van der Waals surface area contributed by atoms with Crippen LogP contribution >= 0.6 is 0 Å². The third-order valence-electron chi connectivity index (χ3n) is 5.87. The number of nitrogens with zero attached hydrogens (tertiary/aromatic N) is 1. The van der Waals surface area contributed by atoms with E-state index in [1.165, 1.54) is 0 Å². The minimum atomic E-state index is -1.08. The largest absolute Gasteiger partial charge is 0.481 e. The van der Waals surface area contributed by atoms with Crippen LogP contribution in [0.4, 0.5) is 4.39 Å². The van der Waals surface area contributed by atoms with Gasteiger partial charge in [-0.15, -0.1) is 0 Å². The first-order chi connectivity index (χ1) is 10.9. The number of likely N-dealkylation sites (tertiary alicyclic amines) is 1. The summed E-state index contributed by atoms with van der Waals surface area (Å²) in [6.45, 7) is 1.46. The summed E-state index contributed by atoms with van der Waals surface area (Å²) < 4.78 is 13.9. The summed E-state index contributed by atoms with van der Waals surface area (Å²) >= 11 is 0. The molecule has 3 rings (SSSR count). The van der Waals surface area contributed by atoms with Gasteiger partial charge in [0.1, 0.15) is 12.2 Å². The van der Waals surface area contributed by atoms with Gasteiger partial charge < -0.3 is 15.5 Å². The molecule has 6 atom stereocenters. The molecule has 3 fully saturated rings. The van der Waals surface area contributed by atoms with E-state index < -0.39 is 30.1 Å². The van der Waals surface area contributed by atoms with Gasteiger partial charge in [0, 0.05) is 19.1 Å². The molecule has 0 aromatic heterocycles. The van der Waals surface area contributed by atoms with Crippen LogP contribution in [0.5, 0.6) is 0 Å². The van der Waals surface area contributed by atoms with Gasteiger partial charge in [0.2, 0.25) is 0 Å². The molecule has 6 nitrogen and oxygen atoms in total. The normalized spacial score (nSPS) is 42.0.